The predicted molar refractivity (Wildman–Crippen MR) is 74.8 cm³/mol. The zero-order valence-electron chi connectivity index (χ0n) is 11.2. The molecular formula is C13H17N5S. The molecule has 5 nitrogen and oxygen atoms in total. The minimum absolute atomic E-state index is 0.874. The third-order valence-corrected chi connectivity index (χ3v) is 4.04. The second kappa shape index (κ2) is 5.30. The van der Waals surface area contributed by atoms with Crippen molar-refractivity contribution in [1.82, 2.24) is 24.6 Å². The van der Waals surface area contributed by atoms with E-state index >= 15 is 0 Å². The number of nitrogens with zero attached hydrogens (tertiary/aromatic N) is 5. The molecule has 0 N–H and O–H groups in total. The van der Waals surface area contributed by atoms with Crippen LogP contribution >= 0.6 is 11.8 Å². The summed E-state index contributed by atoms with van der Waals surface area (Å²) in [6.45, 7) is 2.90. The van der Waals surface area contributed by atoms with Crippen molar-refractivity contribution in [2.45, 2.75) is 24.7 Å². The first-order valence-electron chi connectivity index (χ1n) is 6.34. The van der Waals surface area contributed by atoms with Crippen molar-refractivity contribution in [1.29, 1.82) is 0 Å². The van der Waals surface area contributed by atoms with Crippen LogP contribution in [0.5, 0.6) is 0 Å². The molecule has 1 aliphatic heterocycles. The van der Waals surface area contributed by atoms with Crippen LogP contribution in [0.2, 0.25) is 0 Å². The van der Waals surface area contributed by atoms with E-state index < -0.39 is 0 Å². The average molecular weight is 275 g/mol. The Hall–Kier alpha value is -1.40. The maximum absolute atomic E-state index is 4.59. The van der Waals surface area contributed by atoms with Gasteiger partial charge in [0.15, 0.2) is 5.16 Å². The molecule has 0 radical (unpaired) electrons. The van der Waals surface area contributed by atoms with Gasteiger partial charge in [-0.25, -0.2) is 9.97 Å². The summed E-state index contributed by atoms with van der Waals surface area (Å²) in [7, 11) is 1.99. The van der Waals surface area contributed by atoms with E-state index in [1.54, 1.807) is 11.8 Å². The number of aromatic nitrogens is 4. The summed E-state index contributed by atoms with van der Waals surface area (Å²) in [6, 6.07) is 2.07. The molecular weight excluding hydrogens is 258 g/mol. The Labute approximate surface area is 117 Å². The van der Waals surface area contributed by atoms with Crippen LogP contribution in [0.3, 0.4) is 0 Å². The molecule has 0 aliphatic carbocycles. The lowest BCUT2D eigenvalue weighted by atomic mass is 10.1. The Morgan fingerprint density at radius 3 is 3.05 bits per heavy atom. The van der Waals surface area contributed by atoms with Gasteiger partial charge in [0, 0.05) is 51.1 Å². The first kappa shape index (κ1) is 12.6. The van der Waals surface area contributed by atoms with Crippen LogP contribution in [-0.2, 0) is 26.6 Å². The fourth-order valence-corrected chi connectivity index (χ4v) is 2.73. The topological polar surface area (TPSA) is 46.8 Å². The normalized spacial score (nSPS) is 15.5. The first-order chi connectivity index (χ1) is 9.26. The highest BCUT2D eigenvalue weighted by Gasteiger charge is 2.19. The lowest BCUT2D eigenvalue weighted by Gasteiger charge is -2.27. The van der Waals surface area contributed by atoms with Gasteiger partial charge in [-0.2, -0.15) is 5.10 Å². The molecule has 6 heteroatoms. The van der Waals surface area contributed by atoms with Gasteiger partial charge < -0.3 is 0 Å². The van der Waals surface area contributed by atoms with Crippen LogP contribution in [0.4, 0.5) is 0 Å². The van der Waals surface area contributed by atoms with E-state index in [-0.39, 0.29) is 0 Å². The molecule has 1 aliphatic rings. The molecule has 100 valence electrons. The molecule has 2 aromatic heterocycles. The number of fused-ring (bicyclic) bond motifs is 1. The molecule has 3 rings (SSSR count). The second-order valence-corrected chi connectivity index (χ2v) is 5.51. The van der Waals surface area contributed by atoms with Crippen LogP contribution in [0.25, 0.3) is 0 Å². The van der Waals surface area contributed by atoms with Gasteiger partial charge in [0.05, 0.1) is 11.4 Å². The third-order valence-electron chi connectivity index (χ3n) is 3.48. The zero-order valence-corrected chi connectivity index (χ0v) is 12.0. The summed E-state index contributed by atoms with van der Waals surface area (Å²) in [6.07, 6.45) is 6.84. The Kier molecular flexibility index (Phi) is 3.52. The fourth-order valence-electron chi connectivity index (χ4n) is 2.38. The zero-order chi connectivity index (χ0) is 13.2. The van der Waals surface area contributed by atoms with Crippen molar-refractivity contribution in [3.05, 3.63) is 35.4 Å². The molecule has 0 aromatic carbocycles. The van der Waals surface area contributed by atoms with Gasteiger partial charge in [-0.3, -0.25) is 9.58 Å². The van der Waals surface area contributed by atoms with Crippen molar-refractivity contribution < 1.29 is 0 Å². The molecule has 0 amide bonds. The number of aryl methyl sites for hydroxylation is 1. The highest BCUT2D eigenvalue weighted by molar-refractivity contribution is 7.98. The van der Waals surface area contributed by atoms with Crippen LogP contribution in [-0.4, -0.2) is 37.4 Å². The largest absolute Gasteiger partial charge is 0.293 e. The van der Waals surface area contributed by atoms with Crippen LogP contribution in [0.15, 0.2) is 23.6 Å². The quantitative estimate of drug-likeness (QED) is 0.627. The fraction of sp³-hybridized carbons (Fsp3) is 0.462. The number of thioether (sulfide) groups is 1. The second-order valence-electron chi connectivity index (χ2n) is 4.74. The van der Waals surface area contributed by atoms with Crippen LogP contribution in [0, 0.1) is 0 Å². The van der Waals surface area contributed by atoms with Gasteiger partial charge in [-0.1, -0.05) is 11.8 Å². The summed E-state index contributed by atoms with van der Waals surface area (Å²) in [4.78, 5) is 11.4. The van der Waals surface area contributed by atoms with E-state index in [1.807, 2.05) is 30.4 Å². The molecule has 3 heterocycles. The van der Waals surface area contributed by atoms with E-state index in [9.17, 15) is 0 Å². The van der Waals surface area contributed by atoms with Gasteiger partial charge in [-0.15, -0.1) is 0 Å². The van der Waals surface area contributed by atoms with Crippen molar-refractivity contribution in [2.24, 2.45) is 7.05 Å². The lowest BCUT2D eigenvalue weighted by molar-refractivity contribution is 0.236. The molecule has 19 heavy (non-hydrogen) atoms. The Morgan fingerprint density at radius 2 is 2.32 bits per heavy atom. The van der Waals surface area contributed by atoms with Crippen molar-refractivity contribution >= 4 is 11.8 Å². The third kappa shape index (κ3) is 2.64. The molecule has 0 spiro atoms. The highest BCUT2D eigenvalue weighted by atomic mass is 32.2. The number of hydrogen-bond acceptors (Lipinski definition) is 5. The van der Waals surface area contributed by atoms with Crippen molar-refractivity contribution in [2.75, 3.05) is 12.8 Å². The Bertz CT molecular complexity index is 580. The Morgan fingerprint density at radius 1 is 1.42 bits per heavy atom. The van der Waals surface area contributed by atoms with Gasteiger partial charge in [0.1, 0.15) is 0 Å². The molecule has 2 aromatic rings. The van der Waals surface area contributed by atoms with Crippen LogP contribution < -0.4 is 0 Å². The van der Waals surface area contributed by atoms with Gasteiger partial charge in [-0.05, 0) is 12.3 Å². The summed E-state index contributed by atoms with van der Waals surface area (Å²) in [5.74, 6) is 0. The van der Waals surface area contributed by atoms with Crippen LogP contribution in [0.1, 0.15) is 17.0 Å². The molecule has 0 bridgehead atoms. The summed E-state index contributed by atoms with van der Waals surface area (Å²) in [5.41, 5.74) is 3.71. The van der Waals surface area contributed by atoms with Crippen molar-refractivity contribution in [3.63, 3.8) is 0 Å². The minimum atomic E-state index is 0.874. The lowest BCUT2D eigenvalue weighted by Crippen LogP contribution is -2.31. The van der Waals surface area contributed by atoms with E-state index in [4.69, 9.17) is 0 Å². The molecule has 0 saturated heterocycles. The van der Waals surface area contributed by atoms with Gasteiger partial charge in [0.25, 0.3) is 0 Å². The number of hydrogen-bond donors (Lipinski definition) is 0. The summed E-state index contributed by atoms with van der Waals surface area (Å²) in [5, 5.41) is 5.09. The summed E-state index contributed by atoms with van der Waals surface area (Å²) >= 11 is 1.60. The van der Waals surface area contributed by atoms with Gasteiger partial charge in [0.2, 0.25) is 0 Å². The smallest absolute Gasteiger partial charge is 0.187 e. The monoisotopic (exact) mass is 275 g/mol. The molecule has 0 atom stereocenters. The number of rotatable bonds is 3. The van der Waals surface area contributed by atoms with E-state index in [1.165, 1.54) is 17.0 Å². The maximum atomic E-state index is 4.59. The van der Waals surface area contributed by atoms with E-state index in [0.717, 1.165) is 31.2 Å². The van der Waals surface area contributed by atoms with Crippen molar-refractivity contribution in [3.8, 4) is 0 Å². The minimum Gasteiger partial charge on any atom is -0.293 e. The molecule has 0 unspecified atom stereocenters. The maximum Gasteiger partial charge on any atom is 0.187 e. The predicted octanol–water partition coefficient (Wildman–Crippen LogP) is 1.49. The summed E-state index contributed by atoms with van der Waals surface area (Å²) < 4.78 is 1.93. The average Bonchev–Trinajstić information content (AvgIpc) is 2.84. The SMILES string of the molecule is CSc1ncc2c(n1)CCN(Cc1ccnn1C)C2. The van der Waals surface area contributed by atoms with E-state index in [0.29, 0.717) is 0 Å². The van der Waals surface area contributed by atoms with E-state index in [2.05, 4.69) is 26.0 Å². The van der Waals surface area contributed by atoms with Gasteiger partial charge >= 0.3 is 0 Å². The molecule has 0 fully saturated rings. The standard InChI is InChI=1S/C13H17N5S/c1-17-11(3-5-15-17)9-18-6-4-12-10(8-18)7-14-13(16-12)19-2/h3,5,7H,4,6,8-9H2,1-2H3. The highest BCUT2D eigenvalue weighted by Crippen LogP contribution is 2.20. The first-order valence-corrected chi connectivity index (χ1v) is 7.57. The Balaban J connectivity index is 1.74. The molecule has 0 saturated carbocycles.